The Morgan fingerprint density at radius 1 is 1.32 bits per heavy atom. The van der Waals surface area contributed by atoms with E-state index in [1.165, 1.54) is 32.4 Å². The molecule has 1 heterocycles. The number of nitrogens with zero attached hydrogens (tertiary/aromatic N) is 1. The van der Waals surface area contributed by atoms with E-state index in [2.05, 4.69) is 0 Å². The van der Waals surface area contributed by atoms with Gasteiger partial charge >= 0.3 is 11.7 Å². The number of nitrogens with one attached hydrogen (secondary N) is 1. The van der Waals surface area contributed by atoms with Crippen molar-refractivity contribution in [3.05, 3.63) is 55.2 Å². The first-order valence-electron chi connectivity index (χ1n) is 6.89. The summed E-state index contributed by atoms with van der Waals surface area (Å²) in [5.41, 5.74) is 3.45. The Morgan fingerprint density at radius 2 is 2.00 bits per heavy atom. The standard InChI is InChI=1S/C15H14ClN3O6/c1-19-12(17)11(13(21)18-15(19)23)9(20)6-25-14(22)8-5-7(16)3-4-10(8)24-2/h3-5H,6,17H2,1-2H3,(H,18,21,23). The van der Waals surface area contributed by atoms with Crippen LogP contribution in [0.2, 0.25) is 5.02 Å². The van der Waals surface area contributed by atoms with Gasteiger partial charge in [0.25, 0.3) is 5.56 Å². The summed E-state index contributed by atoms with van der Waals surface area (Å²) in [7, 11) is 2.64. The molecule has 132 valence electrons. The number of hydrogen-bond acceptors (Lipinski definition) is 7. The lowest BCUT2D eigenvalue weighted by Gasteiger charge is -2.10. The average molecular weight is 368 g/mol. The molecule has 9 nitrogen and oxygen atoms in total. The molecule has 0 radical (unpaired) electrons. The average Bonchev–Trinajstić information content (AvgIpc) is 2.57. The summed E-state index contributed by atoms with van der Waals surface area (Å²) in [6.45, 7) is -0.750. The predicted octanol–water partition coefficient (Wildman–Crippen LogP) is 0.358. The number of Topliss-reactive ketones (excluding diaryl/α,β-unsaturated/α-hetero) is 1. The molecule has 0 atom stereocenters. The van der Waals surface area contributed by atoms with Crippen molar-refractivity contribution >= 4 is 29.2 Å². The van der Waals surface area contributed by atoms with Gasteiger partial charge in [0.15, 0.2) is 6.61 Å². The van der Waals surface area contributed by atoms with Gasteiger partial charge in [-0.15, -0.1) is 0 Å². The van der Waals surface area contributed by atoms with Crippen LogP contribution in [-0.2, 0) is 11.8 Å². The molecule has 0 bridgehead atoms. The molecule has 0 spiro atoms. The van der Waals surface area contributed by atoms with Crippen LogP contribution < -0.4 is 21.7 Å². The smallest absolute Gasteiger partial charge is 0.342 e. The van der Waals surface area contributed by atoms with E-state index in [-0.39, 0.29) is 22.2 Å². The third-order valence-corrected chi connectivity index (χ3v) is 3.60. The number of nitrogens with two attached hydrogens (primary N) is 1. The number of aromatic nitrogens is 2. The number of rotatable bonds is 5. The minimum atomic E-state index is -0.956. The largest absolute Gasteiger partial charge is 0.496 e. The lowest BCUT2D eigenvalue weighted by atomic mass is 10.2. The molecule has 0 fully saturated rings. The van der Waals surface area contributed by atoms with Crippen LogP contribution in [0, 0.1) is 0 Å². The molecule has 0 aliphatic carbocycles. The van der Waals surface area contributed by atoms with E-state index >= 15 is 0 Å². The quantitative estimate of drug-likeness (QED) is 0.575. The summed E-state index contributed by atoms with van der Waals surface area (Å²) in [6.07, 6.45) is 0. The molecule has 0 saturated carbocycles. The zero-order chi connectivity index (χ0) is 18.7. The van der Waals surface area contributed by atoms with Crippen LogP contribution in [0.25, 0.3) is 0 Å². The number of benzene rings is 1. The van der Waals surface area contributed by atoms with Gasteiger partial charge in [-0.05, 0) is 18.2 Å². The number of aromatic amines is 1. The van der Waals surface area contributed by atoms with Crippen LogP contribution in [-0.4, -0.2) is 35.0 Å². The van der Waals surface area contributed by atoms with Crippen molar-refractivity contribution in [2.24, 2.45) is 7.05 Å². The van der Waals surface area contributed by atoms with Gasteiger partial charge in [0.05, 0.1) is 7.11 Å². The normalized spacial score (nSPS) is 10.4. The van der Waals surface area contributed by atoms with Gasteiger partial charge in [0.1, 0.15) is 22.7 Å². The number of halogens is 1. The maximum atomic E-state index is 12.2. The maximum absolute atomic E-state index is 12.2. The number of ketones is 1. The summed E-state index contributed by atoms with van der Waals surface area (Å²) in [5, 5.41) is 0.276. The number of hydrogen-bond donors (Lipinski definition) is 2. The highest BCUT2D eigenvalue weighted by atomic mass is 35.5. The number of nitrogen functional groups attached to an aromatic ring is 1. The maximum Gasteiger partial charge on any atom is 0.342 e. The molecular formula is C15H14ClN3O6. The minimum Gasteiger partial charge on any atom is -0.496 e. The van der Waals surface area contributed by atoms with Crippen molar-refractivity contribution in [2.45, 2.75) is 0 Å². The second kappa shape index (κ2) is 7.22. The van der Waals surface area contributed by atoms with Crippen molar-refractivity contribution in [3.63, 3.8) is 0 Å². The molecule has 1 aromatic carbocycles. The summed E-state index contributed by atoms with van der Waals surface area (Å²) < 4.78 is 10.8. The van der Waals surface area contributed by atoms with Crippen molar-refractivity contribution in [2.75, 3.05) is 19.5 Å². The van der Waals surface area contributed by atoms with Crippen molar-refractivity contribution in [3.8, 4) is 5.75 Å². The highest BCUT2D eigenvalue weighted by Crippen LogP contribution is 2.23. The number of anilines is 1. The van der Waals surface area contributed by atoms with E-state index < -0.39 is 35.2 Å². The van der Waals surface area contributed by atoms with Crippen LogP contribution in [0.15, 0.2) is 27.8 Å². The van der Waals surface area contributed by atoms with E-state index in [0.717, 1.165) is 4.57 Å². The molecule has 25 heavy (non-hydrogen) atoms. The third kappa shape index (κ3) is 3.72. The SMILES string of the molecule is COc1ccc(Cl)cc1C(=O)OCC(=O)c1c(N)n(C)c(=O)[nH]c1=O. The predicted molar refractivity (Wildman–Crippen MR) is 89.3 cm³/mol. The number of carbonyl (C=O) groups is 2. The first-order valence-corrected chi connectivity index (χ1v) is 7.26. The Kier molecular flexibility index (Phi) is 5.28. The van der Waals surface area contributed by atoms with Crippen LogP contribution in [0.4, 0.5) is 5.82 Å². The molecule has 0 aliphatic rings. The van der Waals surface area contributed by atoms with Gasteiger partial charge in [0.2, 0.25) is 5.78 Å². The highest BCUT2D eigenvalue weighted by Gasteiger charge is 2.21. The van der Waals surface area contributed by atoms with Crippen LogP contribution in [0.3, 0.4) is 0 Å². The lowest BCUT2D eigenvalue weighted by Crippen LogP contribution is -2.35. The Morgan fingerprint density at radius 3 is 2.64 bits per heavy atom. The number of esters is 1. The molecule has 2 rings (SSSR count). The molecule has 0 saturated heterocycles. The van der Waals surface area contributed by atoms with E-state index in [9.17, 15) is 19.2 Å². The number of ether oxygens (including phenoxy) is 2. The molecular weight excluding hydrogens is 354 g/mol. The van der Waals surface area contributed by atoms with Gasteiger partial charge in [-0.25, -0.2) is 9.59 Å². The van der Waals surface area contributed by atoms with Crippen LogP contribution in [0.1, 0.15) is 20.7 Å². The van der Waals surface area contributed by atoms with E-state index in [4.69, 9.17) is 26.8 Å². The van der Waals surface area contributed by atoms with E-state index in [1.54, 1.807) is 0 Å². The van der Waals surface area contributed by atoms with E-state index in [1.807, 2.05) is 4.98 Å². The van der Waals surface area contributed by atoms with Crippen molar-refractivity contribution < 1.29 is 19.1 Å². The Balaban J connectivity index is 2.23. The number of methoxy groups -OCH3 is 1. The fourth-order valence-electron chi connectivity index (χ4n) is 2.03. The third-order valence-electron chi connectivity index (χ3n) is 3.36. The Hall–Kier alpha value is -3.07. The number of H-pyrrole nitrogens is 1. The molecule has 0 unspecified atom stereocenters. The fourth-order valence-corrected chi connectivity index (χ4v) is 2.20. The monoisotopic (exact) mass is 367 g/mol. The fraction of sp³-hybridized carbons (Fsp3) is 0.200. The van der Waals surface area contributed by atoms with Crippen LogP contribution >= 0.6 is 11.6 Å². The molecule has 2 aromatic rings. The van der Waals surface area contributed by atoms with E-state index in [0.29, 0.717) is 0 Å². The van der Waals surface area contributed by atoms with Gasteiger partial charge in [-0.2, -0.15) is 0 Å². The van der Waals surface area contributed by atoms with Gasteiger partial charge in [-0.3, -0.25) is 19.1 Å². The van der Waals surface area contributed by atoms with Crippen molar-refractivity contribution in [1.29, 1.82) is 0 Å². The topological polar surface area (TPSA) is 133 Å². The minimum absolute atomic E-state index is 0.0187. The van der Waals surface area contributed by atoms with Gasteiger partial charge in [0, 0.05) is 12.1 Å². The molecule has 3 N–H and O–H groups in total. The molecule has 0 amide bonds. The lowest BCUT2D eigenvalue weighted by molar-refractivity contribution is 0.0471. The molecule has 10 heteroatoms. The zero-order valence-corrected chi connectivity index (χ0v) is 14.0. The first kappa shape index (κ1) is 18.3. The Bertz CT molecular complexity index is 963. The van der Waals surface area contributed by atoms with Crippen LogP contribution in [0.5, 0.6) is 5.75 Å². The van der Waals surface area contributed by atoms with Gasteiger partial charge in [-0.1, -0.05) is 11.6 Å². The first-order chi connectivity index (χ1) is 11.8. The molecule has 1 aromatic heterocycles. The summed E-state index contributed by atoms with van der Waals surface area (Å²) >= 11 is 5.83. The summed E-state index contributed by atoms with van der Waals surface area (Å²) in [4.78, 5) is 49.4. The number of carbonyl (C=O) groups excluding carboxylic acids is 2. The second-order valence-electron chi connectivity index (χ2n) is 4.92. The van der Waals surface area contributed by atoms with Gasteiger partial charge < -0.3 is 15.2 Å². The molecule has 0 aliphatic heterocycles. The zero-order valence-electron chi connectivity index (χ0n) is 13.3. The van der Waals surface area contributed by atoms with Crippen molar-refractivity contribution in [1.82, 2.24) is 9.55 Å². The highest BCUT2D eigenvalue weighted by molar-refractivity contribution is 6.31. The second-order valence-corrected chi connectivity index (χ2v) is 5.36. The Labute approximate surface area is 145 Å². The summed E-state index contributed by atoms with van der Waals surface area (Å²) in [6, 6.07) is 4.31. The summed E-state index contributed by atoms with van der Waals surface area (Å²) in [5.74, 6) is -1.84.